The fraction of sp³-hybridized carbons (Fsp3) is 0.733. The Morgan fingerprint density at radius 1 is 1.43 bits per heavy atom. The van der Waals surface area contributed by atoms with Gasteiger partial charge in [0.05, 0.1) is 10.7 Å². The zero-order valence-electron chi connectivity index (χ0n) is 13.4. The number of hydrogen-bond acceptors (Lipinski definition) is 4. The molecule has 0 aliphatic carbocycles. The van der Waals surface area contributed by atoms with Crippen LogP contribution in [-0.4, -0.2) is 35.3 Å². The summed E-state index contributed by atoms with van der Waals surface area (Å²) in [6.07, 6.45) is 2.29. The van der Waals surface area contributed by atoms with E-state index in [0.717, 1.165) is 23.5 Å². The molecule has 0 aliphatic heterocycles. The number of amides is 2. The molecule has 0 bridgehead atoms. The lowest BCUT2D eigenvalue weighted by Crippen LogP contribution is -2.45. The van der Waals surface area contributed by atoms with Gasteiger partial charge in [0.25, 0.3) is 0 Å². The highest BCUT2D eigenvalue weighted by molar-refractivity contribution is 7.11. The second kappa shape index (κ2) is 9.00. The first-order chi connectivity index (χ1) is 9.97. The molecular formula is C15H27N3O2S. The average molecular weight is 313 g/mol. The van der Waals surface area contributed by atoms with E-state index >= 15 is 0 Å². The number of urea groups is 1. The number of nitrogens with zero attached hydrogens (tertiary/aromatic N) is 1. The summed E-state index contributed by atoms with van der Waals surface area (Å²) in [5.41, 5.74) is 1.15. The number of carbonyl (C=O) groups excluding carboxylic acids is 1. The van der Waals surface area contributed by atoms with Crippen LogP contribution in [0.25, 0.3) is 0 Å². The fourth-order valence-corrected chi connectivity index (χ4v) is 3.16. The summed E-state index contributed by atoms with van der Waals surface area (Å²) in [7, 11) is 0. The third kappa shape index (κ3) is 6.01. The Morgan fingerprint density at radius 3 is 2.67 bits per heavy atom. The lowest BCUT2D eigenvalue weighted by molar-refractivity contribution is 0.219. The highest BCUT2D eigenvalue weighted by atomic mass is 32.1. The minimum Gasteiger partial charge on any atom is -0.396 e. The van der Waals surface area contributed by atoms with E-state index in [1.165, 1.54) is 4.88 Å². The lowest BCUT2D eigenvalue weighted by atomic mass is 10.0. The van der Waals surface area contributed by atoms with Gasteiger partial charge in [-0.15, -0.1) is 11.3 Å². The van der Waals surface area contributed by atoms with E-state index in [-0.39, 0.29) is 18.7 Å². The normalized spacial score (nSPS) is 12.5. The smallest absolute Gasteiger partial charge is 0.315 e. The number of thiazole rings is 1. The SMILES string of the molecule is CCc1nc(CCNC(=O)NC(CCO)C(C)C)sc1C. The summed E-state index contributed by atoms with van der Waals surface area (Å²) in [5.74, 6) is 0.302. The highest BCUT2D eigenvalue weighted by Gasteiger charge is 2.15. The molecule has 0 aromatic carbocycles. The maximum Gasteiger partial charge on any atom is 0.315 e. The third-order valence-corrected chi connectivity index (χ3v) is 4.53. The van der Waals surface area contributed by atoms with Gasteiger partial charge in [-0.1, -0.05) is 20.8 Å². The molecular weight excluding hydrogens is 286 g/mol. The molecule has 120 valence electrons. The maximum absolute atomic E-state index is 11.8. The van der Waals surface area contributed by atoms with Gasteiger partial charge in [0, 0.05) is 30.5 Å². The summed E-state index contributed by atoms with van der Waals surface area (Å²) in [4.78, 5) is 17.7. The molecule has 1 aromatic rings. The minimum atomic E-state index is -0.175. The molecule has 1 rings (SSSR count). The molecule has 0 spiro atoms. The number of aromatic nitrogens is 1. The van der Waals surface area contributed by atoms with Crippen LogP contribution in [0.2, 0.25) is 0 Å². The fourth-order valence-electron chi connectivity index (χ4n) is 2.14. The number of rotatable bonds is 8. The molecule has 5 nitrogen and oxygen atoms in total. The van der Waals surface area contributed by atoms with Crippen LogP contribution in [0.1, 0.15) is 42.8 Å². The molecule has 2 amide bonds. The molecule has 0 fully saturated rings. The summed E-state index contributed by atoms with van der Waals surface area (Å²) in [6.45, 7) is 8.91. The van der Waals surface area contributed by atoms with E-state index < -0.39 is 0 Å². The Bertz CT molecular complexity index is 446. The van der Waals surface area contributed by atoms with E-state index in [2.05, 4.69) is 29.5 Å². The summed E-state index contributed by atoms with van der Waals surface area (Å²) < 4.78 is 0. The number of carbonyl (C=O) groups is 1. The summed E-state index contributed by atoms with van der Waals surface area (Å²) in [6, 6.07) is -0.171. The second-order valence-corrected chi connectivity index (χ2v) is 6.76. The minimum absolute atomic E-state index is 0.00352. The van der Waals surface area contributed by atoms with Gasteiger partial charge in [-0.3, -0.25) is 0 Å². The van der Waals surface area contributed by atoms with E-state index in [1.54, 1.807) is 11.3 Å². The first kappa shape index (κ1) is 17.9. The number of nitrogens with one attached hydrogen (secondary N) is 2. The van der Waals surface area contributed by atoms with Crippen molar-refractivity contribution >= 4 is 17.4 Å². The second-order valence-electron chi connectivity index (χ2n) is 5.48. The average Bonchev–Trinajstić information content (AvgIpc) is 2.78. The number of hydrogen-bond donors (Lipinski definition) is 3. The zero-order chi connectivity index (χ0) is 15.8. The van der Waals surface area contributed by atoms with Gasteiger partial charge in [0.2, 0.25) is 0 Å². The van der Waals surface area contributed by atoms with E-state index in [9.17, 15) is 4.79 Å². The third-order valence-electron chi connectivity index (χ3n) is 3.46. The van der Waals surface area contributed by atoms with Crippen molar-refractivity contribution < 1.29 is 9.90 Å². The molecule has 1 heterocycles. The van der Waals surface area contributed by atoms with Crippen LogP contribution in [0.4, 0.5) is 4.79 Å². The van der Waals surface area contributed by atoms with E-state index in [0.29, 0.717) is 18.9 Å². The molecule has 21 heavy (non-hydrogen) atoms. The van der Waals surface area contributed by atoms with Crippen LogP contribution in [-0.2, 0) is 12.8 Å². The van der Waals surface area contributed by atoms with Gasteiger partial charge in [0.1, 0.15) is 0 Å². The van der Waals surface area contributed by atoms with Crippen molar-refractivity contribution in [1.82, 2.24) is 15.6 Å². The van der Waals surface area contributed by atoms with Gasteiger partial charge in [-0.05, 0) is 25.7 Å². The van der Waals surface area contributed by atoms with Crippen LogP contribution in [0, 0.1) is 12.8 Å². The van der Waals surface area contributed by atoms with Gasteiger partial charge >= 0.3 is 6.03 Å². The van der Waals surface area contributed by atoms with Gasteiger partial charge < -0.3 is 15.7 Å². The maximum atomic E-state index is 11.8. The van der Waals surface area contributed by atoms with Crippen LogP contribution in [0.15, 0.2) is 0 Å². The monoisotopic (exact) mass is 313 g/mol. The quantitative estimate of drug-likeness (QED) is 0.689. The molecule has 0 aliphatic rings. The molecule has 0 saturated carbocycles. The molecule has 1 aromatic heterocycles. The Balaban J connectivity index is 2.35. The number of aryl methyl sites for hydroxylation is 2. The predicted molar refractivity (Wildman–Crippen MR) is 86.8 cm³/mol. The molecule has 6 heteroatoms. The van der Waals surface area contributed by atoms with Crippen LogP contribution < -0.4 is 10.6 Å². The number of aliphatic hydroxyl groups is 1. The van der Waals surface area contributed by atoms with Crippen molar-refractivity contribution in [3.63, 3.8) is 0 Å². The number of aliphatic hydroxyl groups excluding tert-OH is 1. The first-order valence-corrected chi connectivity index (χ1v) is 8.40. The molecule has 0 saturated heterocycles. The lowest BCUT2D eigenvalue weighted by Gasteiger charge is -2.21. The summed E-state index contributed by atoms with van der Waals surface area (Å²) in [5, 5.41) is 15.8. The molecule has 1 atom stereocenters. The van der Waals surface area contributed by atoms with Gasteiger partial charge in [-0.2, -0.15) is 0 Å². The predicted octanol–water partition coefficient (Wildman–Crippen LogP) is 2.26. The van der Waals surface area contributed by atoms with Crippen molar-refractivity contribution in [3.05, 3.63) is 15.6 Å². The standard InChI is InChI=1S/C15H27N3O2S/c1-5-12-11(4)21-14(17-12)6-8-16-15(20)18-13(7-9-19)10(2)3/h10,13,19H,5-9H2,1-4H3,(H2,16,18,20). The Hall–Kier alpha value is -1.14. The first-order valence-electron chi connectivity index (χ1n) is 7.58. The van der Waals surface area contributed by atoms with Gasteiger partial charge in [-0.25, -0.2) is 9.78 Å². The van der Waals surface area contributed by atoms with Gasteiger partial charge in [0.15, 0.2) is 0 Å². The van der Waals surface area contributed by atoms with E-state index in [4.69, 9.17) is 5.11 Å². The van der Waals surface area contributed by atoms with Crippen molar-refractivity contribution in [3.8, 4) is 0 Å². The molecule has 3 N–H and O–H groups in total. The topological polar surface area (TPSA) is 74.2 Å². The largest absolute Gasteiger partial charge is 0.396 e. The zero-order valence-corrected chi connectivity index (χ0v) is 14.2. The Labute approximate surface area is 131 Å². The van der Waals surface area contributed by atoms with Crippen molar-refractivity contribution in [2.45, 2.75) is 53.0 Å². The summed E-state index contributed by atoms with van der Waals surface area (Å²) >= 11 is 1.70. The van der Waals surface area contributed by atoms with Crippen LogP contribution >= 0.6 is 11.3 Å². The highest BCUT2D eigenvalue weighted by Crippen LogP contribution is 2.17. The molecule has 0 radical (unpaired) electrons. The van der Waals surface area contributed by atoms with Crippen LogP contribution in [0.3, 0.4) is 0 Å². The Kier molecular flexibility index (Phi) is 7.67. The Morgan fingerprint density at radius 2 is 2.14 bits per heavy atom. The van der Waals surface area contributed by atoms with Crippen LogP contribution in [0.5, 0.6) is 0 Å². The molecule has 1 unspecified atom stereocenters. The van der Waals surface area contributed by atoms with E-state index in [1.807, 2.05) is 13.8 Å². The van der Waals surface area contributed by atoms with Crippen molar-refractivity contribution in [2.75, 3.05) is 13.2 Å². The van der Waals surface area contributed by atoms with Crippen molar-refractivity contribution in [2.24, 2.45) is 5.92 Å². The van der Waals surface area contributed by atoms with Crippen molar-refractivity contribution in [1.29, 1.82) is 0 Å².